The molecule has 0 aromatic heterocycles. The second kappa shape index (κ2) is 16.4. The number of hydrogen-bond donors (Lipinski definition) is 1. The zero-order valence-corrected chi connectivity index (χ0v) is 5.81. The fourth-order valence-electron chi connectivity index (χ4n) is 0. The minimum Gasteiger partial charge on any atom is 0 e. The van der Waals surface area contributed by atoms with Gasteiger partial charge in [0.2, 0.25) is 0 Å². The molecule has 29 valence electrons. The molecule has 0 unspecified atom stereocenters. The molecule has 1 N–H and O–H groups in total. The summed E-state index contributed by atoms with van der Waals surface area (Å²) in [7, 11) is 0. The van der Waals surface area contributed by atoms with E-state index in [2.05, 4.69) is 0 Å². The average Bonchev–Trinajstić information content (AvgIpc) is 0.918. The van der Waals surface area contributed by atoms with E-state index in [0.29, 0.717) is 0 Å². The predicted molar refractivity (Wildman–Crippen MR) is 21.3 cm³/mol. The monoisotopic (exact) mass is 317 g/mol. The van der Waals surface area contributed by atoms with E-state index in [0.717, 1.165) is 0 Å². The number of aliphatic hydroxyl groups is 1. The average molecular weight is 317 g/mol. The summed E-state index contributed by atoms with van der Waals surface area (Å²) in [5, 5.41) is 7.57. The van der Waals surface area contributed by atoms with Crippen molar-refractivity contribution in [2.24, 2.45) is 0 Å². The van der Waals surface area contributed by atoms with Gasteiger partial charge >= 0.3 is 45.5 Å². The van der Waals surface area contributed by atoms with Gasteiger partial charge in [0.25, 0.3) is 0 Å². The Balaban J connectivity index is -0.0000000200. The Kier molecular flexibility index (Phi) is 51.5. The van der Waals surface area contributed by atoms with Crippen molar-refractivity contribution >= 4 is 45.5 Å². The molecule has 0 spiro atoms. The zero-order chi connectivity index (χ0) is 2.71. The van der Waals surface area contributed by atoms with Gasteiger partial charge in [-0.15, -0.1) is 0 Å². The topological polar surface area (TPSA) is 20.2 Å². The van der Waals surface area contributed by atoms with Crippen molar-refractivity contribution in [3.8, 4) is 0 Å². The number of aliphatic hydroxyl groups excluding tert-OH is 1. The third kappa shape index (κ3) is 22.7. The predicted octanol–water partition coefficient (Wildman–Crippen LogP) is -0.920. The summed E-state index contributed by atoms with van der Waals surface area (Å²) in [6, 6.07) is 0. The van der Waals surface area contributed by atoms with Crippen molar-refractivity contribution in [2.75, 3.05) is 6.61 Å². The van der Waals surface area contributed by atoms with Crippen LogP contribution >= 0.6 is 0 Å². The van der Waals surface area contributed by atoms with Crippen LogP contribution in [0.3, 0.4) is 0 Å². The minimum absolute atomic E-state index is 0. The molecule has 0 aliphatic heterocycles. The minimum atomic E-state index is 0. The van der Waals surface area contributed by atoms with Crippen LogP contribution in [-0.2, 0) is 22.4 Å². The van der Waals surface area contributed by atoms with E-state index in [1.807, 2.05) is 0 Å². The fraction of sp³-hybridized carbons (Fsp3) is 1.00. The van der Waals surface area contributed by atoms with Crippen LogP contribution in [0.2, 0.25) is 0 Å². The molecule has 1 nitrogen and oxygen atoms in total. The normalized spacial score (nSPS) is 3.60. The second-order valence-corrected chi connectivity index (χ2v) is 0.316. The number of hydrogen-bond acceptors (Lipinski definition) is 1. The van der Waals surface area contributed by atoms with Crippen molar-refractivity contribution in [1.29, 1.82) is 0 Å². The Morgan fingerprint density at radius 1 is 1.60 bits per heavy atom. The van der Waals surface area contributed by atoms with Crippen molar-refractivity contribution in [1.82, 2.24) is 0 Å². The molecular formula is C2H8OSrTa. The zero-order valence-electron chi connectivity index (χ0n) is 2.60. The van der Waals surface area contributed by atoms with Crippen molar-refractivity contribution < 1.29 is 27.5 Å². The van der Waals surface area contributed by atoms with E-state index in [1.54, 1.807) is 6.92 Å². The molecule has 0 amide bonds. The van der Waals surface area contributed by atoms with Gasteiger partial charge in [0.05, 0.1) is 0 Å². The standard InChI is InChI=1S/C2H6O.Sr.Ta.2H/c1-2-3;;;;/h3H,2H2,1H3;;;;. The van der Waals surface area contributed by atoms with Gasteiger partial charge in [-0.05, 0) is 6.92 Å². The number of rotatable bonds is 0. The molecule has 5 heavy (non-hydrogen) atoms. The summed E-state index contributed by atoms with van der Waals surface area (Å²) in [5.41, 5.74) is 0. The van der Waals surface area contributed by atoms with Gasteiger partial charge in [0, 0.05) is 29.0 Å². The summed E-state index contributed by atoms with van der Waals surface area (Å²) in [4.78, 5) is 0. The van der Waals surface area contributed by atoms with Crippen LogP contribution in [0, 0.1) is 0 Å². The fourth-order valence-corrected chi connectivity index (χ4v) is 0. The van der Waals surface area contributed by atoms with E-state index < -0.39 is 0 Å². The quantitative estimate of drug-likeness (QED) is 0.573. The molecular weight excluding hydrogens is 309 g/mol. The van der Waals surface area contributed by atoms with Gasteiger partial charge in [-0.3, -0.25) is 0 Å². The van der Waals surface area contributed by atoms with E-state index in [-0.39, 0.29) is 74.5 Å². The van der Waals surface area contributed by atoms with Crippen LogP contribution < -0.4 is 0 Å². The molecule has 0 heterocycles. The maximum Gasteiger partial charge on any atom is 0 e. The third-order valence-corrected chi connectivity index (χ3v) is 0. The summed E-state index contributed by atoms with van der Waals surface area (Å²) in [5.74, 6) is 0. The van der Waals surface area contributed by atoms with Crippen LogP contribution in [0.4, 0.5) is 0 Å². The molecule has 0 saturated heterocycles. The van der Waals surface area contributed by atoms with Gasteiger partial charge in [-0.1, -0.05) is 0 Å². The molecule has 0 aliphatic rings. The van der Waals surface area contributed by atoms with E-state index in [1.165, 1.54) is 0 Å². The molecule has 0 aromatic rings. The first kappa shape index (κ1) is 15.7. The Morgan fingerprint density at radius 2 is 1.60 bits per heavy atom. The smallest absolute Gasteiger partial charge is 0 e. The molecule has 0 aliphatic carbocycles. The molecule has 0 atom stereocenters. The summed E-state index contributed by atoms with van der Waals surface area (Å²) < 4.78 is 0. The van der Waals surface area contributed by atoms with Crippen molar-refractivity contribution in [3.05, 3.63) is 0 Å². The van der Waals surface area contributed by atoms with Gasteiger partial charge < -0.3 is 5.11 Å². The maximum atomic E-state index is 7.57. The molecule has 3 heteroatoms. The maximum absolute atomic E-state index is 7.57. The van der Waals surface area contributed by atoms with Crippen molar-refractivity contribution in [2.45, 2.75) is 6.92 Å². The van der Waals surface area contributed by atoms with E-state index >= 15 is 0 Å². The van der Waals surface area contributed by atoms with Crippen LogP contribution in [-0.4, -0.2) is 57.2 Å². The first-order valence-electron chi connectivity index (χ1n) is 1.02. The molecule has 0 bridgehead atoms. The molecule has 0 fully saturated rings. The van der Waals surface area contributed by atoms with Crippen molar-refractivity contribution in [3.63, 3.8) is 0 Å². The molecule has 1 radical (unpaired) electrons. The summed E-state index contributed by atoms with van der Waals surface area (Å²) in [6.07, 6.45) is 0. The molecule has 0 aromatic carbocycles. The second-order valence-electron chi connectivity index (χ2n) is 0.316. The molecule has 0 saturated carbocycles. The molecule has 0 rings (SSSR count). The van der Waals surface area contributed by atoms with Crippen LogP contribution in [0.15, 0.2) is 0 Å². The van der Waals surface area contributed by atoms with Crippen LogP contribution in [0.1, 0.15) is 6.92 Å². The Morgan fingerprint density at radius 3 is 1.60 bits per heavy atom. The summed E-state index contributed by atoms with van der Waals surface area (Å²) in [6.45, 7) is 1.93. The van der Waals surface area contributed by atoms with E-state index in [9.17, 15) is 0 Å². The Bertz CT molecular complexity index is 9.61. The van der Waals surface area contributed by atoms with Gasteiger partial charge in [0.1, 0.15) is 0 Å². The third-order valence-electron chi connectivity index (χ3n) is 0. The first-order chi connectivity index (χ1) is 1.41. The van der Waals surface area contributed by atoms with Crippen LogP contribution in [0.25, 0.3) is 0 Å². The van der Waals surface area contributed by atoms with E-state index in [4.69, 9.17) is 5.11 Å². The van der Waals surface area contributed by atoms with Crippen LogP contribution in [0.5, 0.6) is 0 Å². The first-order valence-corrected chi connectivity index (χ1v) is 1.02. The van der Waals surface area contributed by atoms with Gasteiger partial charge in [-0.25, -0.2) is 0 Å². The van der Waals surface area contributed by atoms with Gasteiger partial charge in [-0.2, -0.15) is 0 Å². The summed E-state index contributed by atoms with van der Waals surface area (Å²) >= 11 is 0. The Labute approximate surface area is 84.9 Å². The Hall–Kier alpha value is 2.18. The SMILES string of the molecule is CCO.[SrH2].[Ta]. The largest absolute Gasteiger partial charge is 0 e. The van der Waals surface area contributed by atoms with Gasteiger partial charge in [0.15, 0.2) is 0 Å².